The number of aromatic hydroxyl groups is 1. The average Bonchev–Trinajstić information content (AvgIpc) is 2.46. The predicted molar refractivity (Wildman–Crippen MR) is 81.7 cm³/mol. The molecule has 0 bridgehead atoms. The Morgan fingerprint density at radius 2 is 1.47 bits per heavy atom. The van der Waals surface area contributed by atoms with E-state index < -0.39 is 0 Å². The highest BCUT2D eigenvalue weighted by atomic mass is 16.3. The fourth-order valence-electron chi connectivity index (χ4n) is 2.54. The van der Waals surface area contributed by atoms with E-state index in [0.29, 0.717) is 5.75 Å². The van der Waals surface area contributed by atoms with Crippen LogP contribution in [-0.2, 0) is 19.3 Å². The smallest absolute Gasteiger partial charge is 0.115 e. The third-order valence-electron chi connectivity index (χ3n) is 3.72. The molecule has 100 valence electrons. The van der Waals surface area contributed by atoms with Crippen molar-refractivity contribution in [1.82, 2.24) is 0 Å². The number of hydrogen-bond donors (Lipinski definition) is 1. The van der Waals surface area contributed by atoms with Crippen LogP contribution in [0.2, 0.25) is 0 Å². The van der Waals surface area contributed by atoms with Gasteiger partial charge in [-0.15, -0.1) is 0 Å². The SMILES string of the molecule is CCc1ccc(CC)c(-c2ccc(O)cc2CC)c1. The minimum atomic E-state index is 0.352. The van der Waals surface area contributed by atoms with E-state index in [1.54, 1.807) is 6.07 Å². The molecule has 0 spiro atoms. The first-order valence-electron chi connectivity index (χ1n) is 7.13. The van der Waals surface area contributed by atoms with Crippen LogP contribution >= 0.6 is 0 Å². The fourth-order valence-corrected chi connectivity index (χ4v) is 2.54. The molecule has 0 aliphatic carbocycles. The molecule has 0 aromatic heterocycles. The van der Waals surface area contributed by atoms with Crippen LogP contribution < -0.4 is 0 Å². The van der Waals surface area contributed by atoms with Crippen molar-refractivity contribution >= 4 is 0 Å². The zero-order valence-electron chi connectivity index (χ0n) is 12.0. The maximum absolute atomic E-state index is 9.64. The highest BCUT2D eigenvalue weighted by Gasteiger charge is 2.09. The number of aryl methyl sites for hydroxylation is 3. The van der Waals surface area contributed by atoms with Gasteiger partial charge >= 0.3 is 0 Å². The molecule has 2 aromatic rings. The van der Waals surface area contributed by atoms with Crippen LogP contribution in [0.1, 0.15) is 37.5 Å². The Balaban J connectivity index is 2.62. The average molecular weight is 254 g/mol. The van der Waals surface area contributed by atoms with Gasteiger partial charge in [-0.1, -0.05) is 45.0 Å². The van der Waals surface area contributed by atoms with Gasteiger partial charge in [0.25, 0.3) is 0 Å². The van der Waals surface area contributed by atoms with Crippen molar-refractivity contribution < 1.29 is 5.11 Å². The van der Waals surface area contributed by atoms with Gasteiger partial charge in [-0.3, -0.25) is 0 Å². The summed E-state index contributed by atoms with van der Waals surface area (Å²) < 4.78 is 0. The molecular weight excluding hydrogens is 232 g/mol. The number of phenolic OH excluding ortho intramolecular Hbond substituents is 1. The second-order valence-electron chi connectivity index (χ2n) is 4.89. The summed E-state index contributed by atoms with van der Waals surface area (Å²) in [6.45, 7) is 6.51. The molecule has 0 aliphatic heterocycles. The molecule has 0 radical (unpaired) electrons. The molecule has 1 N–H and O–H groups in total. The summed E-state index contributed by atoms with van der Waals surface area (Å²) in [5, 5.41) is 9.64. The molecule has 0 unspecified atom stereocenters. The fraction of sp³-hybridized carbons (Fsp3) is 0.333. The van der Waals surface area contributed by atoms with Gasteiger partial charge in [0.15, 0.2) is 0 Å². The first kappa shape index (κ1) is 13.7. The lowest BCUT2D eigenvalue weighted by molar-refractivity contribution is 0.474. The summed E-state index contributed by atoms with van der Waals surface area (Å²) in [5.74, 6) is 0.352. The maximum Gasteiger partial charge on any atom is 0.115 e. The largest absolute Gasteiger partial charge is 0.508 e. The summed E-state index contributed by atoms with van der Waals surface area (Å²) >= 11 is 0. The van der Waals surface area contributed by atoms with E-state index in [4.69, 9.17) is 0 Å². The topological polar surface area (TPSA) is 20.2 Å². The van der Waals surface area contributed by atoms with Gasteiger partial charge in [-0.05, 0) is 59.2 Å². The zero-order valence-corrected chi connectivity index (χ0v) is 12.0. The highest BCUT2D eigenvalue weighted by Crippen LogP contribution is 2.31. The van der Waals surface area contributed by atoms with Crippen molar-refractivity contribution in [1.29, 1.82) is 0 Å². The van der Waals surface area contributed by atoms with Crippen LogP contribution in [0.25, 0.3) is 11.1 Å². The number of hydrogen-bond acceptors (Lipinski definition) is 1. The van der Waals surface area contributed by atoms with Crippen molar-refractivity contribution in [3.8, 4) is 16.9 Å². The molecule has 0 fully saturated rings. The van der Waals surface area contributed by atoms with E-state index in [1.165, 1.54) is 27.8 Å². The molecule has 2 rings (SSSR count). The molecule has 0 heterocycles. The van der Waals surface area contributed by atoms with Gasteiger partial charge in [-0.25, -0.2) is 0 Å². The molecule has 1 heteroatoms. The minimum Gasteiger partial charge on any atom is -0.508 e. The Kier molecular flexibility index (Phi) is 4.26. The number of phenols is 1. The minimum absolute atomic E-state index is 0.352. The lowest BCUT2D eigenvalue weighted by Gasteiger charge is -2.14. The van der Waals surface area contributed by atoms with E-state index >= 15 is 0 Å². The molecule has 0 saturated carbocycles. The normalized spacial score (nSPS) is 10.7. The monoisotopic (exact) mass is 254 g/mol. The predicted octanol–water partition coefficient (Wildman–Crippen LogP) is 4.75. The van der Waals surface area contributed by atoms with E-state index in [9.17, 15) is 5.11 Å². The molecule has 0 atom stereocenters. The Morgan fingerprint density at radius 1 is 0.737 bits per heavy atom. The van der Waals surface area contributed by atoms with Crippen LogP contribution in [0.3, 0.4) is 0 Å². The Hall–Kier alpha value is -1.76. The molecule has 19 heavy (non-hydrogen) atoms. The quantitative estimate of drug-likeness (QED) is 0.835. The Bertz CT molecular complexity index is 570. The summed E-state index contributed by atoms with van der Waals surface area (Å²) in [5.41, 5.74) is 6.52. The second kappa shape index (κ2) is 5.92. The maximum atomic E-state index is 9.64. The summed E-state index contributed by atoms with van der Waals surface area (Å²) in [6, 6.07) is 12.5. The van der Waals surface area contributed by atoms with Gasteiger partial charge < -0.3 is 5.11 Å². The van der Waals surface area contributed by atoms with Gasteiger partial charge in [0.05, 0.1) is 0 Å². The third kappa shape index (κ3) is 2.81. The van der Waals surface area contributed by atoms with Gasteiger partial charge in [-0.2, -0.15) is 0 Å². The third-order valence-corrected chi connectivity index (χ3v) is 3.72. The Labute approximate surface area is 115 Å². The van der Waals surface area contributed by atoms with Crippen LogP contribution in [0.4, 0.5) is 0 Å². The number of benzene rings is 2. The number of rotatable bonds is 4. The summed E-state index contributed by atoms with van der Waals surface area (Å²) in [6.07, 6.45) is 3.02. The van der Waals surface area contributed by atoms with Crippen LogP contribution in [-0.4, -0.2) is 5.11 Å². The van der Waals surface area contributed by atoms with E-state index in [0.717, 1.165) is 19.3 Å². The lowest BCUT2D eigenvalue weighted by atomic mass is 9.91. The highest BCUT2D eigenvalue weighted by molar-refractivity contribution is 5.72. The first-order valence-corrected chi connectivity index (χ1v) is 7.13. The van der Waals surface area contributed by atoms with Crippen LogP contribution in [0.5, 0.6) is 5.75 Å². The lowest BCUT2D eigenvalue weighted by Crippen LogP contribution is -1.94. The molecule has 2 aromatic carbocycles. The van der Waals surface area contributed by atoms with E-state index in [2.05, 4.69) is 39.0 Å². The van der Waals surface area contributed by atoms with Crippen molar-refractivity contribution in [3.05, 3.63) is 53.1 Å². The molecule has 0 amide bonds. The Morgan fingerprint density at radius 3 is 2.11 bits per heavy atom. The van der Waals surface area contributed by atoms with Gasteiger partial charge in [0, 0.05) is 0 Å². The molecule has 1 nitrogen and oxygen atoms in total. The summed E-state index contributed by atoms with van der Waals surface area (Å²) in [7, 11) is 0. The van der Waals surface area contributed by atoms with Crippen molar-refractivity contribution in [2.45, 2.75) is 40.0 Å². The summed E-state index contributed by atoms with van der Waals surface area (Å²) in [4.78, 5) is 0. The van der Waals surface area contributed by atoms with Crippen LogP contribution in [0, 0.1) is 0 Å². The zero-order chi connectivity index (χ0) is 13.8. The van der Waals surface area contributed by atoms with Crippen molar-refractivity contribution in [3.63, 3.8) is 0 Å². The van der Waals surface area contributed by atoms with Crippen molar-refractivity contribution in [2.24, 2.45) is 0 Å². The molecular formula is C18H22O. The standard InChI is InChI=1S/C18H22O/c1-4-13-7-8-14(5-2)18(11-13)17-10-9-16(19)12-15(17)6-3/h7-12,19H,4-6H2,1-3H3. The van der Waals surface area contributed by atoms with E-state index in [-0.39, 0.29) is 0 Å². The van der Waals surface area contributed by atoms with E-state index in [1.807, 2.05) is 12.1 Å². The van der Waals surface area contributed by atoms with Crippen LogP contribution in [0.15, 0.2) is 36.4 Å². The molecule has 0 aliphatic rings. The second-order valence-corrected chi connectivity index (χ2v) is 4.89. The first-order chi connectivity index (χ1) is 9.19. The van der Waals surface area contributed by atoms with Gasteiger partial charge in [0.2, 0.25) is 0 Å². The van der Waals surface area contributed by atoms with Gasteiger partial charge in [0.1, 0.15) is 5.75 Å². The molecule has 0 saturated heterocycles. The van der Waals surface area contributed by atoms with Crippen molar-refractivity contribution in [2.75, 3.05) is 0 Å².